The van der Waals surface area contributed by atoms with Gasteiger partial charge in [-0.3, -0.25) is 0 Å². The average Bonchev–Trinajstić information content (AvgIpc) is 2.96. The van der Waals surface area contributed by atoms with Crippen molar-refractivity contribution in [3.63, 3.8) is 0 Å². The molecule has 1 aliphatic carbocycles. The van der Waals surface area contributed by atoms with E-state index in [1.165, 1.54) is 25.7 Å². The molecule has 2 aromatic heterocycles. The summed E-state index contributed by atoms with van der Waals surface area (Å²) in [6, 6.07) is 6.09. The van der Waals surface area contributed by atoms with Crippen molar-refractivity contribution in [1.29, 1.82) is 0 Å². The van der Waals surface area contributed by atoms with Gasteiger partial charge in [-0.2, -0.15) is 0 Å². The van der Waals surface area contributed by atoms with Crippen LogP contribution in [-0.4, -0.2) is 14.6 Å². The smallest absolute Gasteiger partial charge is 0.138 e. The van der Waals surface area contributed by atoms with Crippen molar-refractivity contribution in [3.8, 4) is 0 Å². The Morgan fingerprint density at radius 2 is 2.18 bits per heavy atom. The second-order valence-corrected chi connectivity index (χ2v) is 5.81. The quantitative estimate of drug-likeness (QED) is 0.907. The summed E-state index contributed by atoms with van der Waals surface area (Å²) in [7, 11) is 0. The van der Waals surface area contributed by atoms with E-state index in [0.29, 0.717) is 6.54 Å². The summed E-state index contributed by atoms with van der Waals surface area (Å²) in [5.74, 6) is 0. The Bertz CT molecular complexity index is 514. The molecule has 0 atom stereocenters. The lowest BCUT2D eigenvalue weighted by molar-refractivity contribution is 0.886. The normalized spacial score (nSPS) is 17.0. The van der Waals surface area contributed by atoms with Crippen molar-refractivity contribution in [1.82, 2.24) is 9.38 Å². The van der Waals surface area contributed by atoms with Gasteiger partial charge in [-0.15, -0.1) is 11.8 Å². The number of thioether (sulfide) groups is 1. The van der Waals surface area contributed by atoms with Crippen LogP contribution >= 0.6 is 11.8 Å². The topological polar surface area (TPSA) is 43.3 Å². The molecule has 0 amide bonds. The molecule has 0 saturated heterocycles. The van der Waals surface area contributed by atoms with Crippen LogP contribution in [0.2, 0.25) is 0 Å². The fraction of sp³-hybridized carbons (Fsp3) is 0.462. The number of nitrogens with two attached hydrogens (primary N) is 1. The van der Waals surface area contributed by atoms with Gasteiger partial charge in [0.2, 0.25) is 0 Å². The largest absolute Gasteiger partial charge is 0.325 e. The average molecular weight is 247 g/mol. The Hall–Kier alpha value is -1.00. The van der Waals surface area contributed by atoms with Crippen LogP contribution in [-0.2, 0) is 6.54 Å². The summed E-state index contributed by atoms with van der Waals surface area (Å²) >= 11 is 1.92. The number of hydrogen-bond donors (Lipinski definition) is 1. The highest BCUT2D eigenvalue weighted by Gasteiger charge is 2.20. The first kappa shape index (κ1) is 11.1. The minimum Gasteiger partial charge on any atom is -0.325 e. The molecule has 1 saturated carbocycles. The lowest BCUT2D eigenvalue weighted by Gasteiger charge is -2.07. The first-order valence-electron chi connectivity index (χ1n) is 6.21. The number of fused-ring (bicyclic) bond motifs is 1. The molecular formula is C13H17N3S. The SMILES string of the molecule is NCc1c(SC2CCCC2)nc2ccccn12. The molecule has 17 heavy (non-hydrogen) atoms. The molecule has 2 N–H and O–H groups in total. The monoisotopic (exact) mass is 247 g/mol. The number of hydrogen-bond acceptors (Lipinski definition) is 3. The highest BCUT2D eigenvalue weighted by atomic mass is 32.2. The van der Waals surface area contributed by atoms with Gasteiger partial charge in [0.1, 0.15) is 10.7 Å². The highest BCUT2D eigenvalue weighted by Crippen LogP contribution is 2.35. The van der Waals surface area contributed by atoms with Gasteiger partial charge in [-0.25, -0.2) is 4.98 Å². The van der Waals surface area contributed by atoms with Crippen LogP contribution in [0.3, 0.4) is 0 Å². The first-order valence-corrected chi connectivity index (χ1v) is 7.09. The van der Waals surface area contributed by atoms with Crippen molar-refractivity contribution in [2.75, 3.05) is 0 Å². The van der Waals surface area contributed by atoms with Crippen LogP contribution in [0.15, 0.2) is 29.4 Å². The van der Waals surface area contributed by atoms with Crippen molar-refractivity contribution in [3.05, 3.63) is 30.1 Å². The van der Waals surface area contributed by atoms with Crippen molar-refractivity contribution in [2.24, 2.45) is 5.73 Å². The minimum absolute atomic E-state index is 0.556. The van der Waals surface area contributed by atoms with Gasteiger partial charge in [0.05, 0.1) is 5.69 Å². The maximum absolute atomic E-state index is 5.86. The lowest BCUT2D eigenvalue weighted by Crippen LogP contribution is -2.03. The molecule has 4 heteroatoms. The molecule has 1 aliphatic rings. The summed E-state index contributed by atoms with van der Waals surface area (Å²) in [6.07, 6.45) is 7.42. The fourth-order valence-corrected chi connectivity index (χ4v) is 3.82. The van der Waals surface area contributed by atoms with Crippen LogP contribution in [0.1, 0.15) is 31.4 Å². The maximum atomic E-state index is 5.86. The zero-order valence-corrected chi connectivity index (χ0v) is 10.6. The summed E-state index contributed by atoms with van der Waals surface area (Å²) in [5, 5.41) is 1.87. The Labute approximate surface area is 105 Å². The number of pyridine rings is 1. The zero-order chi connectivity index (χ0) is 11.7. The van der Waals surface area contributed by atoms with Gasteiger partial charge in [0.15, 0.2) is 0 Å². The van der Waals surface area contributed by atoms with Crippen molar-refractivity contribution in [2.45, 2.75) is 42.5 Å². The standard InChI is InChI=1S/C13H17N3S/c14-9-11-13(17-10-5-1-2-6-10)15-12-7-3-4-8-16(11)12/h3-4,7-8,10H,1-2,5-6,9,14H2. The Kier molecular flexibility index (Phi) is 3.07. The van der Waals surface area contributed by atoms with Gasteiger partial charge in [0.25, 0.3) is 0 Å². The fourth-order valence-electron chi connectivity index (χ4n) is 2.47. The van der Waals surface area contributed by atoms with E-state index in [1.807, 2.05) is 36.2 Å². The lowest BCUT2D eigenvalue weighted by atomic mass is 10.4. The molecule has 0 bridgehead atoms. The zero-order valence-electron chi connectivity index (χ0n) is 9.80. The third-order valence-corrected chi connectivity index (χ3v) is 4.72. The van der Waals surface area contributed by atoms with E-state index in [4.69, 9.17) is 10.7 Å². The van der Waals surface area contributed by atoms with Gasteiger partial charge in [0, 0.05) is 18.0 Å². The molecule has 3 nitrogen and oxygen atoms in total. The second-order valence-electron chi connectivity index (χ2n) is 4.52. The third kappa shape index (κ3) is 2.07. The Balaban J connectivity index is 1.96. The van der Waals surface area contributed by atoms with Crippen LogP contribution < -0.4 is 5.73 Å². The van der Waals surface area contributed by atoms with E-state index < -0.39 is 0 Å². The molecule has 2 aromatic rings. The van der Waals surface area contributed by atoms with E-state index in [-0.39, 0.29) is 0 Å². The van der Waals surface area contributed by atoms with Gasteiger partial charge in [-0.05, 0) is 25.0 Å². The van der Waals surface area contributed by atoms with E-state index in [9.17, 15) is 0 Å². The van der Waals surface area contributed by atoms with Crippen LogP contribution in [0, 0.1) is 0 Å². The predicted molar refractivity (Wildman–Crippen MR) is 71.2 cm³/mol. The van der Waals surface area contributed by atoms with E-state index >= 15 is 0 Å². The molecule has 1 fully saturated rings. The molecule has 0 aliphatic heterocycles. The number of nitrogens with zero attached hydrogens (tertiary/aromatic N) is 2. The maximum Gasteiger partial charge on any atom is 0.138 e. The molecule has 0 unspecified atom stereocenters. The molecule has 0 aromatic carbocycles. The first-order chi connectivity index (χ1) is 8.38. The number of rotatable bonds is 3. The second kappa shape index (κ2) is 4.70. The summed E-state index contributed by atoms with van der Waals surface area (Å²) in [4.78, 5) is 4.69. The van der Waals surface area contributed by atoms with Crippen LogP contribution in [0.4, 0.5) is 0 Å². The Morgan fingerprint density at radius 3 is 2.94 bits per heavy atom. The van der Waals surface area contributed by atoms with Crippen molar-refractivity contribution >= 4 is 17.4 Å². The highest BCUT2D eigenvalue weighted by molar-refractivity contribution is 7.99. The Morgan fingerprint density at radius 1 is 1.35 bits per heavy atom. The molecule has 90 valence electrons. The molecule has 2 heterocycles. The summed E-state index contributed by atoms with van der Waals surface area (Å²) < 4.78 is 2.11. The molecular weight excluding hydrogens is 230 g/mol. The van der Waals surface area contributed by atoms with Gasteiger partial charge in [-0.1, -0.05) is 18.9 Å². The molecule has 3 rings (SSSR count). The van der Waals surface area contributed by atoms with Crippen molar-refractivity contribution < 1.29 is 0 Å². The predicted octanol–water partition coefficient (Wildman–Crippen LogP) is 2.83. The van der Waals surface area contributed by atoms with E-state index in [1.54, 1.807) is 0 Å². The van der Waals surface area contributed by atoms with Gasteiger partial charge < -0.3 is 10.1 Å². The van der Waals surface area contributed by atoms with E-state index in [2.05, 4.69) is 4.40 Å². The number of imidazole rings is 1. The molecule has 0 spiro atoms. The number of aromatic nitrogens is 2. The van der Waals surface area contributed by atoms with Gasteiger partial charge >= 0.3 is 0 Å². The van der Waals surface area contributed by atoms with Crippen LogP contribution in [0.5, 0.6) is 0 Å². The minimum atomic E-state index is 0.556. The van der Waals surface area contributed by atoms with E-state index in [0.717, 1.165) is 21.6 Å². The third-order valence-electron chi connectivity index (χ3n) is 3.37. The van der Waals surface area contributed by atoms with Crippen LogP contribution in [0.25, 0.3) is 5.65 Å². The summed E-state index contributed by atoms with van der Waals surface area (Å²) in [6.45, 7) is 0.556. The summed E-state index contributed by atoms with van der Waals surface area (Å²) in [5.41, 5.74) is 8.02. The molecule has 0 radical (unpaired) electrons.